The quantitative estimate of drug-likeness (QED) is 0.539. The van der Waals surface area contributed by atoms with Crippen LogP contribution in [0, 0.1) is 0 Å². The van der Waals surface area contributed by atoms with Gasteiger partial charge in [-0.3, -0.25) is 0 Å². The van der Waals surface area contributed by atoms with Crippen molar-refractivity contribution in [1.29, 1.82) is 0 Å². The Balaban J connectivity index is 1.48. The smallest absolute Gasteiger partial charge is 0.117 e. The summed E-state index contributed by atoms with van der Waals surface area (Å²) < 4.78 is 5.72. The maximum absolute atomic E-state index is 5.72. The molecular weight excluding hydrogens is 244 g/mol. The molecule has 1 fully saturated rings. The number of benzene rings is 2. The van der Waals surface area contributed by atoms with Crippen LogP contribution in [0.3, 0.4) is 0 Å². The highest BCUT2D eigenvalue weighted by Gasteiger charge is 2.45. The molecule has 1 nitrogen and oxygen atoms in total. The number of rotatable bonds is 6. The molecule has 2 aromatic rings. The molecule has 0 aromatic heterocycles. The van der Waals surface area contributed by atoms with Crippen LogP contribution in [0.4, 0.5) is 0 Å². The molecular formula is C19H20O. The zero-order chi connectivity index (χ0) is 13.7. The van der Waals surface area contributed by atoms with Crippen LogP contribution in [0.5, 0.6) is 0 Å². The molecule has 0 radical (unpaired) electrons. The minimum atomic E-state index is 0.0157. The summed E-state index contributed by atoms with van der Waals surface area (Å²) in [5.74, 6) is 0. The summed E-state index contributed by atoms with van der Waals surface area (Å²) in [6, 6.07) is 21.0. The fourth-order valence-corrected chi connectivity index (χ4v) is 2.57. The van der Waals surface area contributed by atoms with Gasteiger partial charge in [-0.1, -0.05) is 72.8 Å². The first-order valence-corrected chi connectivity index (χ1v) is 7.30. The van der Waals surface area contributed by atoms with Gasteiger partial charge in [-0.25, -0.2) is 0 Å². The van der Waals surface area contributed by atoms with Crippen LogP contribution in [-0.4, -0.2) is 6.61 Å². The van der Waals surface area contributed by atoms with E-state index in [1.165, 1.54) is 11.1 Å². The van der Waals surface area contributed by atoms with E-state index in [2.05, 4.69) is 66.7 Å². The van der Waals surface area contributed by atoms with Crippen molar-refractivity contribution < 1.29 is 4.74 Å². The Morgan fingerprint density at radius 2 is 1.60 bits per heavy atom. The van der Waals surface area contributed by atoms with Crippen LogP contribution in [0.1, 0.15) is 30.4 Å². The maximum Gasteiger partial charge on any atom is 0.117 e. The summed E-state index contributed by atoms with van der Waals surface area (Å²) in [5.41, 5.74) is 2.61. The number of hydrogen-bond acceptors (Lipinski definition) is 1. The largest absolute Gasteiger partial charge is 0.365 e. The highest BCUT2D eigenvalue weighted by Crippen LogP contribution is 2.43. The molecule has 1 aliphatic heterocycles. The molecule has 1 heteroatoms. The lowest BCUT2D eigenvalue weighted by molar-refractivity contribution is 0.288. The molecule has 2 aromatic carbocycles. The Morgan fingerprint density at radius 3 is 2.25 bits per heavy atom. The second-order valence-electron chi connectivity index (χ2n) is 5.35. The molecule has 1 saturated heterocycles. The average molecular weight is 264 g/mol. The monoisotopic (exact) mass is 264 g/mol. The fourth-order valence-electron chi connectivity index (χ4n) is 2.57. The van der Waals surface area contributed by atoms with Crippen LogP contribution < -0.4 is 0 Å². The second kappa shape index (κ2) is 6.06. The zero-order valence-electron chi connectivity index (χ0n) is 11.7. The van der Waals surface area contributed by atoms with E-state index in [-0.39, 0.29) is 5.60 Å². The summed E-state index contributed by atoms with van der Waals surface area (Å²) in [5, 5.41) is 0. The third-order valence-corrected chi connectivity index (χ3v) is 3.85. The van der Waals surface area contributed by atoms with Gasteiger partial charge in [0, 0.05) is 0 Å². The van der Waals surface area contributed by atoms with Gasteiger partial charge >= 0.3 is 0 Å². The maximum atomic E-state index is 5.72. The van der Waals surface area contributed by atoms with Gasteiger partial charge in [-0.05, 0) is 30.4 Å². The first-order valence-electron chi connectivity index (χ1n) is 7.30. The predicted molar refractivity (Wildman–Crippen MR) is 83.4 cm³/mol. The van der Waals surface area contributed by atoms with E-state index in [9.17, 15) is 0 Å². The van der Waals surface area contributed by atoms with Gasteiger partial charge in [0.15, 0.2) is 0 Å². The van der Waals surface area contributed by atoms with E-state index in [0.29, 0.717) is 0 Å². The molecule has 102 valence electrons. The molecule has 1 aliphatic rings. The van der Waals surface area contributed by atoms with Crippen LogP contribution in [-0.2, 0) is 10.3 Å². The lowest BCUT2D eigenvalue weighted by Gasteiger charge is -2.11. The fraction of sp³-hybridized carbons (Fsp3) is 0.263. The topological polar surface area (TPSA) is 12.5 Å². The van der Waals surface area contributed by atoms with Crippen molar-refractivity contribution in [2.24, 2.45) is 0 Å². The van der Waals surface area contributed by atoms with Gasteiger partial charge in [-0.2, -0.15) is 0 Å². The van der Waals surface area contributed by atoms with Crippen molar-refractivity contribution in [1.82, 2.24) is 0 Å². The van der Waals surface area contributed by atoms with Crippen LogP contribution in [0.25, 0.3) is 6.08 Å². The summed E-state index contributed by atoms with van der Waals surface area (Å²) in [4.78, 5) is 0. The number of ether oxygens (including phenoxy) is 1. The predicted octanol–water partition coefficient (Wildman–Crippen LogP) is 4.80. The molecule has 0 amide bonds. The van der Waals surface area contributed by atoms with Gasteiger partial charge in [-0.15, -0.1) is 0 Å². The Kier molecular flexibility index (Phi) is 3.98. The van der Waals surface area contributed by atoms with E-state index in [4.69, 9.17) is 4.74 Å². The molecule has 1 atom stereocenters. The van der Waals surface area contributed by atoms with Crippen LogP contribution in [0.2, 0.25) is 0 Å². The van der Waals surface area contributed by atoms with E-state index in [1.54, 1.807) is 0 Å². The summed E-state index contributed by atoms with van der Waals surface area (Å²) >= 11 is 0. The van der Waals surface area contributed by atoms with Gasteiger partial charge in [0.25, 0.3) is 0 Å². The van der Waals surface area contributed by atoms with Gasteiger partial charge in [0.05, 0.1) is 6.61 Å². The summed E-state index contributed by atoms with van der Waals surface area (Å²) in [7, 11) is 0. The highest BCUT2D eigenvalue weighted by molar-refractivity contribution is 5.48. The minimum Gasteiger partial charge on any atom is -0.365 e. The van der Waals surface area contributed by atoms with Gasteiger partial charge < -0.3 is 4.74 Å². The van der Waals surface area contributed by atoms with Crippen LogP contribution in [0.15, 0.2) is 66.7 Å². The minimum absolute atomic E-state index is 0.0157. The molecule has 3 rings (SSSR count). The van der Waals surface area contributed by atoms with E-state index in [1.807, 2.05) is 6.07 Å². The van der Waals surface area contributed by atoms with Crippen molar-refractivity contribution in [3.8, 4) is 0 Å². The lowest BCUT2D eigenvalue weighted by atomic mass is 9.94. The first-order chi connectivity index (χ1) is 9.89. The number of epoxide rings is 1. The van der Waals surface area contributed by atoms with E-state index in [0.717, 1.165) is 25.9 Å². The van der Waals surface area contributed by atoms with Crippen molar-refractivity contribution >= 4 is 6.08 Å². The molecule has 0 spiro atoms. The summed E-state index contributed by atoms with van der Waals surface area (Å²) in [6.45, 7) is 0.874. The Hall–Kier alpha value is -1.86. The zero-order valence-corrected chi connectivity index (χ0v) is 11.7. The molecule has 0 bridgehead atoms. The highest BCUT2D eigenvalue weighted by atomic mass is 16.6. The van der Waals surface area contributed by atoms with Gasteiger partial charge in [0.1, 0.15) is 5.60 Å². The molecule has 20 heavy (non-hydrogen) atoms. The van der Waals surface area contributed by atoms with Crippen molar-refractivity contribution in [2.75, 3.05) is 6.61 Å². The van der Waals surface area contributed by atoms with E-state index >= 15 is 0 Å². The first kappa shape index (κ1) is 13.1. The van der Waals surface area contributed by atoms with Crippen molar-refractivity contribution in [3.05, 3.63) is 77.9 Å². The lowest BCUT2D eigenvalue weighted by Crippen LogP contribution is -2.07. The van der Waals surface area contributed by atoms with Crippen molar-refractivity contribution in [3.63, 3.8) is 0 Å². The molecule has 0 N–H and O–H groups in total. The van der Waals surface area contributed by atoms with E-state index < -0.39 is 0 Å². The van der Waals surface area contributed by atoms with Gasteiger partial charge in [0.2, 0.25) is 0 Å². The molecule has 0 saturated carbocycles. The average Bonchev–Trinajstić information content (AvgIpc) is 3.30. The Morgan fingerprint density at radius 1 is 0.950 bits per heavy atom. The molecule has 0 aliphatic carbocycles. The Bertz CT molecular complexity index is 553. The SMILES string of the molecule is C(=C\c1ccccc1)/CCCC1(c2ccccc2)CO1. The molecule has 1 heterocycles. The third kappa shape index (κ3) is 3.17. The molecule has 1 unspecified atom stereocenters. The Labute approximate surface area is 120 Å². The standard InChI is InChI=1S/C19H20O/c1-4-10-17(11-5-1)12-6-3-9-15-19(16-20-19)18-13-7-2-8-14-18/h1-2,4-8,10-14H,3,9,15-16H2/b12-6+. The van der Waals surface area contributed by atoms with Crippen LogP contribution >= 0.6 is 0 Å². The number of unbranched alkanes of at least 4 members (excludes halogenated alkanes) is 1. The third-order valence-electron chi connectivity index (χ3n) is 3.85. The normalized spacial score (nSPS) is 21.2. The van der Waals surface area contributed by atoms with Crippen molar-refractivity contribution in [2.45, 2.75) is 24.9 Å². The second-order valence-corrected chi connectivity index (χ2v) is 5.35. The number of hydrogen-bond donors (Lipinski definition) is 0. The summed E-state index contributed by atoms with van der Waals surface area (Å²) in [6.07, 6.45) is 7.83. The number of allylic oxidation sites excluding steroid dienone is 1.